The molecule has 2 heterocycles. The lowest BCUT2D eigenvalue weighted by Gasteiger charge is -2.16. The van der Waals surface area contributed by atoms with E-state index in [1.54, 1.807) is 0 Å². The summed E-state index contributed by atoms with van der Waals surface area (Å²) in [4.78, 5) is 15.6. The fourth-order valence-corrected chi connectivity index (χ4v) is 8.87. The van der Waals surface area contributed by atoms with Crippen LogP contribution in [0.5, 0.6) is 0 Å². The van der Waals surface area contributed by atoms with Crippen molar-refractivity contribution in [2.75, 3.05) is 0 Å². The Morgan fingerprint density at radius 2 is 0.763 bits per heavy atom. The quantitative estimate of drug-likeness (QED) is 0.176. The van der Waals surface area contributed by atoms with Gasteiger partial charge in [0.2, 0.25) is 0 Å². The van der Waals surface area contributed by atoms with E-state index in [1.807, 2.05) is 0 Å². The maximum atomic E-state index is 5.23. The fraction of sp³-hybridized carbons (Fsp3) is 0. The normalized spacial score (nSPS) is 11.7. The number of fused-ring (bicyclic) bond motifs is 8. The van der Waals surface area contributed by atoms with Gasteiger partial charge in [-0.15, -0.1) is 0 Å². The largest absolute Gasteiger partial charge is 0.309 e. The summed E-state index contributed by atoms with van der Waals surface area (Å²) in [5, 5.41) is 12.0. The molecule has 2 aromatic heterocycles. The summed E-state index contributed by atoms with van der Waals surface area (Å²) in [6.07, 6.45) is 0. The van der Waals surface area contributed by atoms with Gasteiger partial charge in [0.1, 0.15) is 0 Å². The summed E-state index contributed by atoms with van der Waals surface area (Å²) >= 11 is 0. The molecule has 274 valence electrons. The number of hydrogen-bond acceptors (Lipinski definition) is 3. The minimum absolute atomic E-state index is 0.620. The van der Waals surface area contributed by atoms with E-state index < -0.39 is 0 Å². The molecule has 0 aliphatic carbocycles. The molecule has 0 unspecified atom stereocenters. The predicted molar refractivity (Wildman–Crippen MR) is 246 cm³/mol. The van der Waals surface area contributed by atoms with E-state index in [9.17, 15) is 0 Å². The topological polar surface area (TPSA) is 43.6 Å². The molecule has 0 fully saturated rings. The van der Waals surface area contributed by atoms with Gasteiger partial charge >= 0.3 is 0 Å². The van der Waals surface area contributed by atoms with Gasteiger partial charge in [-0.3, -0.25) is 0 Å². The van der Waals surface area contributed by atoms with Crippen LogP contribution in [0.15, 0.2) is 206 Å². The summed E-state index contributed by atoms with van der Waals surface area (Å²) in [5.41, 5.74) is 8.41. The van der Waals surface area contributed by atoms with Crippen molar-refractivity contribution in [1.82, 2.24) is 19.5 Å². The van der Waals surface area contributed by atoms with Gasteiger partial charge < -0.3 is 4.57 Å². The zero-order chi connectivity index (χ0) is 38.9. The van der Waals surface area contributed by atoms with Crippen molar-refractivity contribution in [2.45, 2.75) is 0 Å². The molecular formula is C55H34N4. The van der Waals surface area contributed by atoms with Gasteiger partial charge in [0.15, 0.2) is 17.5 Å². The first-order valence-electron chi connectivity index (χ1n) is 20.0. The van der Waals surface area contributed by atoms with Gasteiger partial charge in [-0.2, -0.15) is 0 Å². The van der Waals surface area contributed by atoms with E-state index in [4.69, 9.17) is 15.0 Å². The Morgan fingerprint density at radius 3 is 1.39 bits per heavy atom. The van der Waals surface area contributed by atoms with Crippen molar-refractivity contribution in [3.63, 3.8) is 0 Å². The second-order valence-corrected chi connectivity index (χ2v) is 15.3. The van der Waals surface area contributed by atoms with Gasteiger partial charge in [-0.1, -0.05) is 158 Å². The molecule has 0 aliphatic rings. The Balaban J connectivity index is 1.12. The Labute approximate surface area is 340 Å². The fourth-order valence-electron chi connectivity index (χ4n) is 8.87. The predicted octanol–water partition coefficient (Wildman–Crippen LogP) is 14.2. The molecule has 12 aromatic rings. The van der Waals surface area contributed by atoms with Crippen molar-refractivity contribution in [1.29, 1.82) is 0 Å². The highest BCUT2D eigenvalue weighted by molar-refractivity contribution is 6.23. The van der Waals surface area contributed by atoms with E-state index in [-0.39, 0.29) is 0 Å². The molecule has 4 heteroatoms. The summed E-state index contributed by atoms with van der Waals surface area (Å²) in [5.74, 6) is 1.89. The maximum Gasteiger partial charge on any atom is 0.164 e. The number of nitrogens with zero attached hydrogens (tertiary/aromatic N) is 4. The highest BCUT2D eigenvalue weighted by Crippen LogP contribution is 2.42. The van der Waals surface area contributed by atoms with E-state index in [1.165, 1.54) is 43.1 Å². The highest BCUT2D eigenvalue weighted by atomic mass is 15.0. The lowest BCUT2D eigenvalue weighted by atomic mass is 9.99. The molecule has 0 saturated carbocycles. The van der Waals surface area contributed by atoms with Crippen molar-refractivity contribution in [3.05, 3.63) is 206 Å². The standard InChI is InChI=1S/C55H34N4/c1-2-14-37(15-3-1)47-33-45(27-28-49(47)59-50-29-26-38-16-10-11-21-46(38)52(50)48-32-41-19-8-9-20-42(41)34-51(48)59)55-57-53(43-24-22-35-12-4-6-17-39(35)30-43)56-54(58-55)44-25-23-36-13-5-7-18-40(36)31-44/h1-34H. The average Bonchev–Trinajstić information content (AvgIpc) is 3.63. The molecule has 4 nitrogen and oxygen atoms in total. The maximum absolute atomic E-state index is 5.23. The molecule has 12 rings (SSSR count). The van der Waals surface area contributed by atoms with Gasteiger partial charge in [-0.25, -0.2) is 15.0 Å². The molecule has 0 radical (unpaired) electrons. The van der Waals surface area contributed by atoms with Crippen LogP contribution in [0.25, 0.3) is 116 Å². The summed E-state index contributed by atoms with van der Waals surface area (Å²) < 4.78 is 2.45. The second kappa shape index (κ2) is 13.3. The van der Waals surface area contributed by atoms with Crippen molar-refractivity contribution >= 4 is 64.9 Å². The monoisotopic (exact) mass is 750 g/mol. The Bertz CT molecular complexity index is 3520. The number of hydrogen-bond donors (Lipinski definition) is 0. The Morgan fingerprint density at radius 1 is 0.288 bits per heavy atom. The first-order valence-corrected chi connectivity index (χ1v) is 20.0. The van der Waals surface area contributed by atoms with Crippen LogP contribution in [-0.2, 0) is 0 Å². The minimum Gasteiger partial charge on any atom is -0.309 e. The summed E-state index contributed by atoms with van der Waals surface area (Å²) in [6, 6.07) is 73.6. The third-order valence-electron chi connectivity index (χ3n) is 11.8. The third-order valence-corrected chi connectivity index (χ3v) is 11.8. The smallest absolute Gasteiger partial charge is 0.164 e. The molecule has 0 amide bonds. The molecule has 0 atom stereocenters. The van der Waals surface area contributed by atoms with Gasteiger partial charge in [0.05, 0.1) is 16.7 Å². The average molecular weight is 751 g/mol. The summed E-state index contributed by atoms with van der Waals surface area (Å²) in [7, 11) is 0. The van der Waals surface area contributed by atoms with Crippen LogP contribution in [0.4, 0.5) is 0 Å². The van der Waals surface area contributed by atoms with E-state index in [0.29, 0.717) is 17.5 Å². The van der Waals surface area contributed by atoms with Crippen LogP contribution >= 0.6 is 0 Å². The molecule has 0 spiro atoms. The lowest BCUT2D eigenvalue weighted by Crippen LogP contribution is -2.02. The molecule has 59 heavy (non-hydrogen) atoms. The van der Waals surface area contributed by atoms with Crippen LogP contribution in [0, 0.1) is 0 Å². The third kappa shape index (κ3) is 5.57. The Kier molecular flexibility index (Phi) is 7.50. The van der Waals surface area contributed by atoms with Crippen LogP contribution in [0.1, 0.15) is 0 Å². The van der Waals surface area contributed by atoms with Gasteiger partial charge in [0.25, 0.3) is 0 Å². The van der Waals surface area contributed by atoms with Gasteiger partial charge in [-0.05, 0) is 97.2 Å². The van der Waals surface area contributed by atoms with Crippen LogP contribution in [-0.4, -0.2) is 19.5 Å². The van der Waals surface area contributed by atoms with E-state index in [2.05, 4.69) is 211 Å². The van der Waals surface area contributed by atoms with Gasteiger partial charge in [0, 0.05) is 33.0 Å². The summed E-state index contributed by atoms with van der Waals surface area (Å²) in [6.45, 7) is 0. The lowest BCUT2D eigenvalue weighted by molar-refractivity contribution is 1.07. The molecule has 0 N–H and O–H groups in total. The van der Waals surface area contributed by atoms with Crippen LogP contribution < -0.4 is 0 Å². The van der Waals surface area contributed by atoms with Crippen molar-refractivity contribution < 1.29 is 0 Å². The molecule has 10 aromatic carbocycles. The molecular weight excluding hydrogens is 717 g/mol. The number of aromatic nitrogens is 4. The van der Waals surface area contributed by atoms with Crippen molar-refractivity contribution in [2.24, 2.45) is 0 Å². The Hall–Kier alpha value is -7.95. The first-order chi connectivity index (χ1) is 29.2. The SMILES string of the molecule is c1ccc(-c2cc(-c3nc(-c4ccc5ccccc5c4)nc(-c4ccc5ccccc5c4)n3)ccc2-n2c3cc4ccccc4cc3c3c4ccccc4ccc32)cc1. The molecule has 0 saturated heterocycles. The highest BCUT2D eigenvalue weighted by Gasteiger charge is 2.21. The number of rotatable bonds is 5. The van der Waals surface area contributed by atoms with E-state index in [0.717, 1.165) is 55.3 Å². The van der Waals surface area contributed by atoms with Crippen LogP contribution in [0.2, 0.25) is 0 Å². The zero-order valence-electron chi connectivity index (χ0n) is 31.9. The van der Waals surface area contributed by atoms with Crippen LogP contribution in [0.3, 0.4) is 0 Å². The zero-order valence-corrected chi connectivity index (χ0v) is 31.9. The van der Waals surface area contributed by atoms with E-state index >= 15 is 0 Å². The first kappa shape index (κ1) is 33.2. The molecule has 0 bridgehead atoms. The minimum atomic E-state index is 0.620. The van der Waals surface area contributed by atoms with Crippen molar-refractivity contribution in [3.8, 4) is 51.0 Å². The number of benzene rings is 10. The molecule has 0 aliphatic heterocycles. The second-order valence-electron chi connectivity index (χ2n) is 15.3.